The van der Waals surface area contributed by atoms with Gasteiger partial charge < -0.3 is 0 Å². The van der Waals surface area contributed by atoms with Gasteiger partial charge in [0, 0.05) is 17.4 Å². The fourth-order valence-corrected chi connectivity index (χ4v) is 2.85. The Labute approximate surface area is 109 Å². The first-order valence-corrected chi connectivity index (χ1v) is 7.03. The molecular weight excluding hydrogens is 288 g/mol. The standard InChI is InChI=1S/C13H16BrF2N/c14-8-10-3-5-17(6-4-10)9-11-7-12(15)1-2-13(11)16/h1-2,7,10H,3-6,8-9H2. The zero-order valence-corrected chi connectivity index (χ0v) is 11.2. The fourth-order valence-electron chi connectivity index (χ4n) is 2.20. The van der Waals surface area contributed by atoms with Crippen LogP contribution in [0.1, 0.15) is 18.4 Å². The van der Waals surface area contributed by atoms with E-state index in [1.54, 1.807) is 0 Å². The maximum atomic E-state index is 13.5. The molecule has 0 unspecified atom stereocenters. The highest BCUT2D eigenvalue weighted by Crippen LogP contribution is 2.21. The van der Waals surface area contributed by atoms with Crippen molar-refractivity contribution in [3.8, 4) is 0 Å². The Morgan fingerprint density at radius 3 is 2.59 bits per heavy atom. The Kier molecular flexibility index (Phi) is 4.51. The van der Waals surface area contributed by atoms with Crippen LogP contribution in [-0.2, 0) is 6.54 Å². The van der Waals surface area contributed by atoms with Gasteiger partial charge in [0.15, 0.2) is 0 Å². The van der Waals surface area contributed by atoms with Gasteiger partial charge in [-0.05, 0) is 50.0 Å². The van der Waals surface area contributed by atoms with Crippen molar-refractivity contribution in [1.29, 1.82) is 0 Å². The van der Waals surface area contributed by atoms with E-state index in [-0.39, 0.29) is 11.6 Å². The lowest BCUT2D eigenvalue weighted by atomic mass is 9.99. The average molecular weight is 304 g/mol. The lowest BCUT2D eigenvalue weighted by Gasteiger charge is -2.31. The molecule has 1 fully saturated rings. The minimum absolute atomic E-state index is 0.311. The van der Waals surface area contributed by atoms with E-state index in [2.05, 4.69) is 20.8 Å². The maximum absolute atomic E-state index is 13.5. The van der Waals surface area contributed by atoms with Gasteiger partial charge in [-0.2, -0.15) is 0 Å². The van der Waals surface area contributed by atoms with Gasteiger partial charge in [0.1, 0.15) is 11.6 Å². The number of benzene rings is 1. The number of nitrogens with zero attached hydrogens (tertiary/aromatic N) is 1. The lowest BCUT2D eigenvalue weighted by molar-refractivity contribution is 0.185. The molecule has 1 aromatic carbocycles. The molecule has 1 aliphatic rings. The molecule has 1 heterocycles. The second-order valence-electron chi connectivity index (χ2n) is 4.61. The smallest absolute Gasteiger partial charge is 0.127 e. The molecule has 94 valence electrons. The van der Waals surface area contributed by atoms with Crippen LogP contribution in [0.5, 0.6) is 0 Å². The van der Waals surface area contributed by atoms with Crippen LogP contribution in [0.15, 0.2) is 18.2 Å². The van der Waals surface area contributed by atoms with Gasteiger partial charge in [0.25, 0.3) is 0 Å². The molecule has 0 radical (unpaired) electrons. The Morgan fingerprint density at radius 2 is 1.94 bits per heavy atom. The van der Waals surface area contributed by atoms with Crippen LogP contribution in [0.4, 0.5) is 8.78 Å². The highest BCUT2D eigenvalue weighted by Gasteiger charge is 2.19. The number of alkyl halides is 1. The molecule has 17 heavy (non-hydrogen) atoms. The van der Waals surface area contributed by atoms with Gasteiger partial charge >= 0.3 is 0 Å². The van der Waals surface area contributed by atoms with E-state index in [0.29, 0.717) is 12.1 Å². The molecule has 2 rings (SSSR count). The molecule has 1 aromatic rings. The molecule has 1 nitrogen and oxygen atoms in total. The van der Waals surface area contributed by atoms with E-state index in [0.717, 1.165) is 43.2 Å². The van der Waals surface area contributed by atoms with Crippen molar-refractivity contribution in [3.05, 3.63) is 35.4 Å². The van der Waals surface area contributed by atoms with Crippen molar-refractivity contribution in [2.24, 2.45) is 5.92 Å². The summed E-state index contributed by atoms with van der Waals surface area (Å²) in [5, 5.41) is 1.04. The molecule has 0 saturated carbocycles. The molecule has 0 amide bonds. The number of hydrogen-bond acceptors (Lipinski definition) is 1. The Morgan fingerprint density at radius 1 is 1.24 bits per heavy atom. The topological polar surface area (TPSA) is 3.24 Å². The summed E-state index contributed by atoms with van der Waals surface area (Å²) in [6.45, 7) is 2.44. The molecular formula is C13H16BrF2N. The zero-order valence-electron chi connectivity index (χ0n) is 9.63. The summed E-state index contributed by atoms with van der Waals surface area (Å²) in [5.41, 5.74) is 0.460. The van der Waals surface area contributed by atoms with E-state index >= 15 is 0 Å². The second kappa shape index (κ2) is 5.91. The fraction of sp³-hybridized carbons (Fsp3) is 0.538. The summed E-state index contributed by atoms with van der Waals surface area (Å²) in [6.07, 6.45) is 2.25. The summed E-state index contributed by atoms with van der Waals surface area (Å²) in [5.74, 6) is 0.0503. The molecule has 0 aliphatic carbocycles. The van der Waals surface area contributed by atoms with Crippen molar-refractivity contribution >= 4 is 15.9 Å². The second-order valence-corrected chi connectivity index (χ2v) is 5.26. The first kappa shape index (κ1) is 13.0. The van der Waals surface area contributed by atoms with Crippen LogP contribution < -0.4 is 0 Å². The first-order valence-electron chi connectivity index (χ1n) is 5.91. The van der Waals surface area contributed by atoms with Gasteiger partial charge in [0.05, 0.1) is 0 Å². The minimum atomic E-state index is -0.364. The zero-order chi connectivity index (χ0) is 12.3. The molecule has 1 saturated heterocycles. The number of likely N-dealkylation sites (tertiary alicyclic amines) is 1. The Hall–Kier alpha value is -0.480. The third kappa shape index (κ3) is 3.49. The molecule has 4 heteroatoms. The highest BCUT2D eigenvalue weighted by molar-refractivity contribution is 9.09. The van der Waals surface area contributed by atoms with Crippen LogP contribution in [0.3, 0.4) is 0 Å². The third-order valence-electron chi connectivity index (χ3n) is 3.33. The molecule has 0 bridgehead atoms. The SMILES string of the molecule is Fc1ccc(F)c(CN2CCC(CBr)CC2)c1. The lowest BCUT2D eigenvalue weighted by Crippen LogP contribution is -2.33. The van der Waals surface area contributed by atoms with E-state index in [1.165, 1.54) is 12.1 Å². The summed E-state index contributed by atoms with van der Waals surface area (Å²) in [6, 6.07) is 3.66. The van der Waals surface area contributed by atoms with Gasteiger partial charge in [-0.1, -0.05) is 15.9 Å². The van der Waals surface area contributed by atoms with Gasteiger partial charge in [-0.25, -0.2) is 8.78 Å². The monoisotopic (exact) mass is 303 g/mol. The minimum Gasteiger partial charge on any atom is -0.299 e. The highest BCUT2D eigenvalue weighted by atomic mass is 79.9. The summed E-state index contributed by atoms with van der Waals surface area (Å²) in [4.78, 5) is 2.19. The summed E-state index contributed by atoms with van der Waals surface area (Å²) < 4.78 is 26.5. The Balaban J connectivity index is 1.95. The third-order valence-corrected chi connectivity index (χ3v) is 4.24. The number of piperidine rings is 1. The predicted molar refractivity (Wildman–Crippen MR) is 68.2 cm³/mol. The Bertz CT molecular complexity index is 376. The van der Waals surface area contributed by atoms with Crippen LogP contribution in [0, 0.1) is 17.6 Å². The van der Waals surface area contributed by atoms with Crippen molar-refractivity contribution < 1.29 is 8.78 Å². The number of hydrogen-bond donors (Lipinski definition) is 0. The molecule has 0 aromatic heterocycles. The van der Waals surface area contributed by atoms with E-state index in [9.17, 15) is 8.78 Å². The molecule has 0 spiro atoms. The normalized spacial score (nSPS) is 18.5. The average Bonchev–Trinajstić information content (AvgIpc) is 2.35. The molecule has 0 atom stereocenters. The van der Waals surface area contributed by atoms with Gasteiger partial charge in [-0.15, -0.1) is 0 Å². The van der Waals surface area contributed by atoms with Crippen molar-refractivity contribution in [2.45, 2.75) is 19.4 Å². The van der Waals surface area contributed by atoms with Crippen LogP contribution in [0.25, 0.3) is 0 Å². The number of rotatable bonds is 3. The van der Waals surface area contributed by atoms with Crippen LogP contribution >= 0.6 is 15.9 Å². The maximum Gasteiger partial charge on any atom is 0.127 e. The van der Waals surface area contributed by atoms with Crippen LogP contribution in [0.2, 0.25) is 0 Å². The van der Waals surface area contributed by atoms with Gasteiger partial charge in [-0.3, -0.25) is 4.90 Å². The van der Waals surface area contributed by atoms with Crippen molar-refractivity contribution in [1.82, 2.24) is 4.90 Å². The van der Waals surface area contributed by atoms with Crippen molar-refractivity contribution in [2.75, 3.05) is 18.4 Å². The first-order chi connectivity index (χ1) is 8.19. The van der Waals surface area contributed by atoms with Gasteiger partial charge in [0.2, 0.25) is 0 Å². The number of halogens is 3. The quantitative estimate of drug-likeness (QED) is 0.772. The van der Waals surface area contributed by atoms with E-state index < -0.39 is 0 Å². The molecule has 0 N–H and O–H groups in total. The van der Waals surface area contributed by atoms with Crippen molar-refractivity contribution in [3.63, 3.8) is 0 Å². The largest absolute Gasteiger partial charge is 0.299 e. The van der Waals surface area contributed by atoms with Crippen LogP contribution in [-0.4, -0.2) is 23.3 Å². The summed E-state index contributed by atoms with van der Waals surface area (Å²) in [7, 11) is 0. The molecule has 1 aliphatic heterocycles. The van der Waals surface area contributed by atoms with E-state index in [1.807, 2.05) is 0 Å². The predicted octanol–water partition coefficient (Wildman–Crippen LogP) is 3.57. The summed E-state index contributed by atoms with van der Waals surface area (Å²) >= 11 is 3.49. The van der Waals surface area contributed by atoms with E-state index in [4.69, 9.17) is 0 Å².